The molecule has 0 unspecified atom stereocenters. The molecule has 0 saturated heterocycles. The molecule has 1 saturated carbocycles. The van der Waals surface area contributed by atoms with E-state index in [1.165, 1.54) is 0 Å². The number of amides is 1. The summed E-state index contributed by atoms with van der Waals surface area (Å²) < 4.78 is 1.87. The maximum Gasteiger partial charge on any atom is 0.240 e. The molecule has 5 heteroatoms. The van der Waals surface area contributed by atoms with Crippen LogP contribution >= 0.6 is 0 Å². The lowest BCUT2D eigenvalue weighted by Crippen LogP contribution is -2.58. The Kier molecular flexibility index (Phi) is 4.71. The van der Waals surface area contributed by atoms with Crippen LogP contribution < -0.4 is 10.6 Å². The average molecular weight is 327 g/mol. The van der Waals surface area contributed by atoms with Crippen LogP contribution in [-0.2, 0) is 11.3 Å². The monoisotopic (exact) mass is 327 g/mol. The van der Waals surface area contributed by atoms with Crippen LogP contribution in [0, 0.1) is 0 Å². The number of nitrogens with zero attached hydrogens (tertiary/aromatic N) is 1. The molecule has 2 aromatic rings. The number of aromatic nitrogens is 1. The molecule has 1 heterocycles. The highest BCUT2D eigenvalue weighted by atomic mass is 16.2. The number of benzene rings is 1. The summed E-state index contributed by atoms with van der Waals surface area (Å²) in [7, 11) is 0. The molecule has 0 radical (unpaired) electrons. The highest BCUT2D eigenvalue weighted by Gasteiger charge is 2.32. The summed E-state index contributed by atoms with van der Waals surface area (Å²) in [5.41, 5.74) is 1.59. The number of ketones is 1. The third-order valence-corrected chi connectivity index (χ3v) is 4.65. The Hall–Kier alpha value is -2.14. The van der Waals surface area contributed by atoms with Crippen molar-refractivity contribution in [1.29, 1.82) is 0 Å². The van der Waals surface area contributed by atoms with Gasteiger partial charge in [0.15, 0.2) is 5.78 Å². The summed E-state index contributed by atoms with van der Waals surface area (Å²) in [5, 5.41) is 7.50. The van der Waals surface area contributed by atoms with Crippen molar-refractivity contribution in [2.75, 3.05) is 0 Å². The first kappa shape index (κ1) is 16.7. The minimum absolute atomic E-state index is 0.00823. The lowest BCUT2D eigenvalue weighted by molar-refractivity contribution is -0.123. The Bertz CT molecular complexity index is 763. The molecule has 0 aliphatic heterocycles. The molecule has 1 amide bonds. The highest BCUT2D eigenvalue weighted by Crippen LogP contribution is 2.23. The van der Waals surface area contributed by atoms with Gasteiger partial charge in [0, 0.05) is 40.8 Å². The van der Waals surface area contributed by atoms with E-state index in [0.29, 0.717) is 17.6 Å². The van der Waals surface area contributed by atoms with Gasteiger partial charge in [-0.2, -0.15) is 0 Å². The van der Waals surface area contributed by atoms with Crippen molar-refractivity contribution in [3.05, 3.63) is 36.0 Å². The highest BCUT2D eigenvalue weighted by molar-refractivity contribution is 6.07. The normalized spacial score (nSPS) is 20.2. The fourth-order valence-electron chi connectivity index (χ4n) is 3.37. The SMILES string of the molecule is CC(=O)c1cn(CC(=O)N[C@@H]2CC[C@@H]2NC(C)C)c2ccccc12. The first-order valence-electron chi connectivity index (χ1n) is 8.60. The van der Waals surface area contributed by atoms with Crippen LogP contribution in [0.15, 0.2) is 30.5 Å². The second kappa shape index (κ2) is 6.77. The van der Waals surface area contributed by atoms with E-state index < -0.39 is 0 Å². The molecule has 1 aliphatic carbocycles. The van der Waals surface area contributed by atoms with E-state index in [1.807, 2.05) is 28.8 Å². The molecule has 1 aromatic carbocycles. The minimum atomic E-state index is -0.00823. The summed E-state index contributed by atoms with van der Waals surface area (Å²) in [6, 6.07) is 8.69. The minimum Gasteiger partial charge on any atom is -0.350 e. The summed E-state index contributed by atoms with van der Waals surface area (Å²) >= 11 is 0. The predicted molar refractivity (Wildman–Crippen MR) is 95.2 cm³/mol. The van der Waals surface area contributed by atoms with Crippen LogP contribution in [-0.4, -0.2) is 34.4 Å². The smallest absolute Gasteiger partial charge is 0.240 e. The van der Waals surface area contributed by atoms with Crippen LogP contribution in [0.4, 0.5) is 0 Å². The van der Waals surface area contributed by atoms with E-state index in [4.69, 9.17) is 0 Å². The topological polar surface area (TPSA) is 63.1 Å². The zero-order chi connectivity index (χ0) is 17.3. The van der Waals surface area contributed by atoms with Crippen molar-refractivity contribution in [2.45, 2.75) is 58.3 Å². The lowest BCUT2D eigenvalue weighted by Gasteiger charge is -2.39. The molecule has 1 fully saturated rings. The largest absolute Gasteiger partial charge is 0.350 e. The molecule has 2 N–H and O–H groups in total. The zero-order valence-electron chi connectivity index (χ0n) is 14.5. The predicted octanol–water partition coefficient (Wildman–Crippen LogP) is 2.49. The Labute approximate surface area is 142 Å². The van der Waals surface area contributed by atoms with Crippen molar-refractivity contribution in [1.82, 2.24) is 15.2 Å². The van der Waals surface area contributed by atoms with E-state index in [2.05, 4.69) is 24.5 Å². The molecule has 5 nitrogen and oxygen atoms in total. The van der Waals surface area contributed by atoms with Gasteiger partial charge in [-0.25, -0.2) is 0 Å². The number of rotatable bonds is 6. The number of para-hydroxylation sites is 1. The van der Waals surface area contributed by atoms with Gasteiger partial charge >= 0.3 is 0 Å². The van der Waals surface area contributed by atoms with Gasteiger partial charge in [-0.05, 0) is 25.8 Å². The number of carbonyl (C=O) groups excluding carboxylic acids is 2. The second-order valence-corrected chi connectivity index (χ2v) is 6.92. The van der Waals surface area contributed by atoms with Gasteiger partial charge in [0.2, 0.25) is 5.91 Å². The molecule has 24 heavy (non-hydrogen) atoms. The fourth-order valence-corrected chi connectivity index (χ4v) is 3.37. The molecular formula is C19H25N3O2. The van der Waals surface area contributed by atoms with Crippen molar-refractivity contribution in [3.8, 4) is 0 Å². The molecular weight excluding hydrogens is 302 g/mol. The molecule has 2 atom stereocenters. The molecule has 0 spiro atoms. The number of carbonyl (C=O) groups is 2. The number of nitrogens with one attached hydrogen (secondary N) is 2. The first-order valence-corrected chi connectivity index (χ1v) is 8.60. The standard InChI is InChI=1S/C19H25N3O2/c1-12(2)20-16-8-9-17(16)21-19(24)11-22-10-15(13(3)23)14-6-4-5-7-18(14)22/h4-7,10,12,16-17,20H,8-9,11H2,1-3H3,(H,21,24)/t16-,17+/m0/s1. The third kappa shape index (κ3) is 3.36. The van der Waals surface area contributed by atoms with Gasteiger partial charge in [0.25, 0.3) is 0 Å². The Morgan fingerprint density at radius 3 is 2.54 bits per heavy atom. The Morgan fingerprint density at radius 1 is 1.21 bits per heavy atom. The van der Waals surface area contributed by atoms with Gasteiger partial charge in [0.05, 0.1) is 0 Å². The maximum absolute atomic E-state index is 12.4. The van der Waals surface area contributed by atoms with Gasteiger partial charge in [0.1, 0.15) is 6.54 Å². The van der Waals surface area contributed by atoms with Gasteiger partial charge in [-0.3, -0.25) is 9.59 Å². The fraction of sp³-hybridized carbons (Fsp3) is 0.474. The van der Waals surface area contributed by atoms with E-state index in [0.717, 1.165) is 23.7 Å². The molecule has 128 valence electrons. The average Bonchev–Trinajstić information content (AvgIpc) is 2.88. The van der Waals surface area contributed by atoms with Gasteiger partial charge in [-0.15, -0.1) is 0 Å². The quantitative estimate of drug-likeness (QED) is 0.801. The Morgan fingerprint density at radius 2 is 1.92 bits per heavy atom. The molecule has 0 bridgehead atoms. The van der Waals surface area contributed by atoms with Crippen LogP contribution in [0.25, 0.3) is 10.9 Å². The van der Waals surface area contributed by atoms with Gasteiger partial charge < -0.3 is 15.2 Å². The zero-order valence-corrected chi connectivity index (χ0v) is 14.5. The van der Waals surface area contributed by atoms with E-state index in [9.17, 15) is 9.59 Å². The molecule has 1 aliphatic rings. The van der Waals surface area contributed by atoms with Crippen molar-refractivity contribution in [3.63, 3.8) is 0 Å². The molecule has 1 aromatic heterocycles. The summed E-state index contributed by atoms with van der Waals surface area (Å²) in [6.07, 6.45) is 3.91. The van der Waals surface area contributed by atoms with Crippen LogP contribution in [0.3, 0.4) is 0 Å². The summed E-state index contributed by atoms with van der Waals surface area (Å²) in [4.78, 5) is 24.2. The van der Waals surface area contributed by atoms with Crippen molar-refractivity contribution in [2.24, 2.45) is 0 Å². The Balaban J connectivity index is 1.71. The number of hydrogen-bond donors (Lipinski definition) is 2. The summed E-state index contributed by atoms with van der Waals surface area (Å²) in [6.45, 7) is 6.03. The number of hydrogen-bond acceptors (Lipinski definition) is 3. The number of Topliss-reactive ketones (excluding diaryl/α,β-unsaturated/α-hetero) is 1. The van der Waals surface area contributed by atoms with Crippen molar-refractivity contribution >= 4 is 22.6 Å². The molecule has 3 rings (SSSR count). The van der Waals surface area contributed by atoms with Crippen molar-refractivity contribution < 1.29 is 9.59 Å². The van der Waals surface area contributed by atoms with Crippen LogP contribution in [0.1, 0.15) is 44.0 Å². The van der Waals surface area contributed by atoms with Crippen LogP contribution in [0.5, 0.6) is 0 Å². The summed E-state index contributed by atoms with van der Waals surface area (Å²) in [5.74, 6) is 0.0108. The second-order valence-electron chi connectivity index (χ2n) is 6.92. The van der Waals surface area contributed by atoms with E-state index >= 15 is 0 Å². The van der Waals surface area contributed by atoms with Gasteiger partial charge in [-0.1, -0.05) is 32.0 Å². The van der Waals surface area contributed by atoms with Crippen LogP contribution in [0.2, 0.25) is 0 Å². The lowest BCUT2D eigenvalue weighted by atomic mass is 9.86. The number of fused-ring (bicyclic) bond motifs is 1. The maximum atomic E-state index is 12.4. The van der Waals surface area contributed by atoms with E-state index in [-0.39, 0.29) is 24.3 Å². The van der Waals surface area contributed by atoms with E-state index in [1.54, 1.807) is 13.1 Å². The first-order chi connectivity index (χ1) is 11.5. The third-order valence-electron chi connectivity index (χ3n) is 4.65.